The van der Waals surface area contributed by atoms with Gasteiger partial charge in [0.2, 0.25) is 0 Å². The lowest BCUT2D eigenvalue weighted by atomic mass is 9.94. The van der Waals surface area contributed by atoms with Crippen LogP contribution in [0.25, 0.3) is 0 Å². The number of urea groups is 1. The fourth-order valence-electron chi connectivity index (χ4n) is 1.42. The van der Waals surface area contributed by atoms with Crippen LogP contribution in [0.1, 0.15) is 25.0 Å². The molecule has 5 nitrogen and oxygen atoms in total. The van der Waals surface area contributed by atoms with Crippen LogP contribution in [-0.4, -0.2) is 23.7 Å². The zero-order chi connectivity index (χ0) is 14.5. The minimum atomic E-state index is -0.972. The summed E-state index contributed by atoms with van der Waals surface area (Å²) in [5, 5.41) is 14.2. The average Bonchev–Trinajstić information content (AvgIpc) is 2.35. The van der Waals surface area contributed by atoms with E-state index in [1.807, 2.05) is 31.2 Å². The second kappa shape index (κ2) is 6.22. The van der Waals surface area contributed by atoms with Crippen molar-refractivity contribution >= 4 is 12.0 Å². The third-order valence-electron chi connectivity index (χ3n) is 2.97. The monoisotopic (exact) mass is 264 g/mol. The second-order valence-corrected chi connectivity index (χ2v) is 5.15. The molecule has 1 aromatic carbocycles. The fraction of sp³-hybridized carbons (Fsp3) is 0.429. The van der Waals surface area contributed by atoms with Gasteiger partial charge in [-0.25, -0.2) is 4.79 Å². The fourth-order valence-corrected chi connectivity index (χ4v) is 1.42. The largest absolute Gasteiger partial charge is 0.481 e. The van der Waals surface area contributed by atoms with Crippen LogP contribution < -0.4 is 10.6 Å². The number of amides is 2. The number of hydrogen-bond donors (Lipinski definition) is 3. The Hall–Kier alpha value is -2.04. The van der Waals surface area contributed by atoms with Gasteiger partial charge in [-0.15, -0.1) is 0 Å². The molecule has 3 N–H and O–H groups in total. The predicted molar refractivity (Wildman–Crippen MR) is 72.8 cm³/mol. The van der Waals surface area contributed by atoms with Crippen molar-refractivity contribution in [1.82, 2.24) is 10.6 Å². The standard InChI is InChI=1S/C14H20N2O3/c1-10-6-4-5-7-11(10)8-15-13(19)16-9-14(2,3)12(17)18/h4-7H,8-9H2,1-3H3,(H,17,18)(H2,15,16,19). The van der Waals surface area contributed by atoms with Crippen molar-refractivity contribution in [3.8, 4) is 0 Å². The first-order chi connectivity index (χ1) is 8.83. The molecule has 0 aliphatic heterocycles. The van der Waals surface area contributed by atoms with Crippen molar-refractivity contribution < 1.29 is 14.7 Å². The number of carbonyl (C=O) groups excluding carboxylic acids is 1. The molecule has 0 fully saturated rings. The van der Waals surface area contributed by atoms with E-state index >= 15 is 0 Å². The van der Waals surface area contributed by atoms with E-state index in [1.54, 1.807) is 13.8 Å². The molecule has 0 spiro atoms. The molecule has 1 aromatic rings. The SMILES string of the molecule is Cc1ccccc1CNC(=O)NCC(C)(C)C(=O)O. The number of aliphatic carboxylic acids is 1. The molecule has 0 aromatic heterocycles. The highest BCUT2D eigenvalue weighted by Crippen LogP contribution is 2.12. The first kappa shape index (κ1) is 15.0. The first-order valence-corrected chi connectivity index (χ1v) is 6.12. The highest BCUT2D eigenvalue weighted by Gasteiger charge is 2.27. The van der Waals surface area contributed by atoms with Crippen molar-refractivity contribution in [2.24, 2.45) is 5.41 Å². The number of aryl methyl sites for hydroxylation is 1. The van der Waals surface area contributed by atoms with Gasteiger partial charge in [0.05, 0.1) is 5.41 Å². The molecule has 0 saturated carbocycles. The molecule has 0 bridgehead atoms. The van der Waals surface area contributed by atoms with E-state index in [1.165, 1.54) is 0 Å². The molecule has 0 unspecified atom stereocenters. The van der Waals surface area contributed by atoms with Crippen molar-refractivity contribution in [1.29, 1.82) is 0 Å². The molecule has 0 aliphatic carbocycles. The molecule has 2 amide bonds. The van der Waals surface area contributed by atoms with Crippen LogP contribution in [-0.2, 0) is 11.3 Å². The maximum atomic E-state index is 11.6. The van der Waals surface area contributed by atoms with Gasteiger partial charge >= 0.3 is 12.0 Å². The van der Waals surface area contributed by atoms with Crippen LogP contribution in [0.5, 0.6) is 0 Å². The third kappa shape index (κ3) is 4.62. The van der Waals surface area contributed by atoms with Crippen molar-refractivity contribution in [2.45, 2.75) is 27.3 Å². The number of carboxylic acids is 1. The zero-order valence-corrected chi connectivity index (χ0v) is 11.5. The van der Waals surface area contributed by atoms with Gasteiger partial charge in [0.25, 0.3) is 0 Å². The number of benzene rings is 1. The van der Waals surface area contributed by atoms with E-state index in [-0.39, 0.29) is 12.6 Å². The van der Waals surface area contributed by atoms with Crippen LogP contribution >= 0.6 is 0 Å². The molecule has 5 heteroatoms. The molecule has 0 radical (unpaired) electrons. The smallest absolute Gasteiger partial charge is 0.315 e. The summed E-state index contributed by atoms with van der Waals surface area (Å²) in [6, 6.07) is 7.40. The van der Waals surface area contributed by atoms with Gasteiger partial charge in [0.1, 0.15) is 0 Å². The summed E-state index contributed by atoms with van der Waals surface area (Å²) in [4.78, 5) is 22.5. The Morgan fingerprint density at radius 3 is 2.42 bits per heavy atom. The van der Waals surface area contributed by atoms with E-state index in [4.69, 9.17) is 5.11 Å². The summed E-state index contributed by atoms with van der Waals surface area (Å²) < 4.78 is 0. The summed E-state index contributed by atoms with van der Waals surface area (Å²) in [5.41, 5.74) is 1.17. The van der Waals surface area contributed by atoms with Gasteiger partial charge in [-0.3, -0.25) is 4.79 Å². The topological polar surface area (TPSA) is 78.4 Å². The summed E-state index contributed by atoms with van der Waals surface area (Å²) in [6.45, 7) is 5.62. The van der Waals surface area contributed by atoms with Crippen LogP contribution in [0.3, 0.4) is 0 Å². The molecule has 104 valence electrons. The quantitative estimate of drug-likeness (QED) is 0.760. The number of carbonyl (C=O) groups is 2. The Morgan fingerprint density at radius 1 is 1.21 bits per heavy atom. The van der Waals surface area contributed by atoms with Crippen LogP contribution in [0.15, 0.2) is 24.3 Å². The van der Waals surface area contributed by atoms with Gasteiger partial charge in [-0.1, -0.05) is 24.3 Å². The Kier molecular flexibility index (Phi) is 4.92. The summed E-state index contributed by atoms with van der Waals surface area (Å²) in [7, 11) is 0. The van der Waals surface area contributed by atoms with Gasteiger partial charge in [-0.2, -0.15) is 0 Å². The Labute approximate surface area is 113 Å². The highest BCUT2D eigenvalue weighted by molar-refractivity contribution is 5.77. The van der Waals surface area contributed by atoms with Crippen molar-refractivity contribution in [3.63, 3.8) is 0 Å². The van der Waals surface area contributed by atoms with Crippen LogP contribution in [0, 0.1) is 12.3 Å². The highest BCUT2D eigenvalue weighted by atomic mass is 16.4. The van der Waals surface area contributed by atoms with Gasteiger partial charge in [0, 0.05) is 13.1 Å². The van der Waals surface area contributed by atoms with E-state index < -0.39 is 11.4 Å². The molecule has 0 saturated heterocycles. The van der Waals surface area contributed by atoms with Gasteiger partial charge < -0.3 is 15.7 Å². The Balaban J connectivity index is 2.41. The van der Waals surface area contributed by atoms with E-state index in [0.717, 1.165) is 11.1 Å². The predicted octanol–water partition coefficient (Wildman–Crippen LogP) is 1.91. The molecule has 19 heavy (non-hydrogen) atoms. The van der Waals surface area contributed by atoms with Gasteiger partial charge in [-0.05, 0) is 31.9 Å². The maximum absolute atomic E-state index is 11.6. The molecule has 1 rings (SSSR count). The molecular weight excluding hydrogens is 244 g/mol. The minimum absolute atomic E-state index is 0.0853. The lowest BCUT2D eigenvalue weighted by molar-refractivity contribution is -0.146. The normalized spacial score (nSPS) is 10.9. The molecule has 0 heterocycles. The number of carboxylic acid groups (broad SMARTS) is 1. The third-order valence-corrected chi connectivity index (χ3v) is 2.97. The van der Waals surface area contributed by atoms with Crippen LogP contribution in [0.4, 0.5) is 4.79 Å². The number of hydrogen-bond acceptors (Lipinski definition) is 2. The lowest BCUT2D eigenvalue weighted by Crippen LogP contribution is -2.43. The lowest BCUT2D eigenvalue weighted by Gasteiger charge is -2.19. The van der Waals surface area contributed by atoms with Crippen molar-refractivity contribution in [2.75, 3.05) is 6.54 Å². The molecule has 0 atom stereocenters. The van der Waals surface area contributed by atoms with Crippen molar-refractivity contribution in [3.05, 3.63) is 35.4 Å². The average molecular weight is 264 g/mol. The Morgan fingerprint density at radius 2 is 1.84 bits per heavy atom. The van der Waals surface area contributed by atoms with E-state index in [2.05, 4.69) is 10.6 Å². The van der Waals surface area contributed by atoms with Crippen LogP contribution in [0.2, 0.25) is 0 Å². The minimum Gasteiger partial charge on any atom is -0.481 e. The number of nitrogens with one attached hydrogen (secondary N) is 2. The summed E-state index contributed by atoms with van der Waals surface area (Å²) in [5.74, 6) is -0.938. The Bertz CT molecular complexity index is 470. The number of rotatable bonds is 5. The summed E-state index contributed by atoms with van der Waals surface area (Å²) in [6.07, 6.45) is 0. The maximum Gasteiger partial charge on any atom is 0.315 e. The van der Waals surface area contributed by atoms with E-state index in [9.17, 15) is 9.59 Å². The first-order valence-electron chi connectivity index (χ1n) is 6.12. The van der Waals surface area contributed by atoms with E-state index in [0.29, 0.717) is 6.54 Å². The zero-order valence-electron chi connectivity index (χ0n) is 11.5. The molecule has 0 aliphatic rings. The summed E-state index contributed by atoms with van der Waals surface area (Å²) >= 11 is 0. The molecular formula is C14H20N2O3. The van der Waals surface area contributed by atoms with Gasteiger partial charge in [0.15, 0.2) is 0 Å². The second-order valence-electron chi connectivity index (χ2n) is 5.15.